The van der Waals surface area contributed by atoms with Gasteiger partial charge in [-0.15, -0.1) is 0 Å². The quantitative estimate of drug-likeness (QED) is 0.247. The molecule has 0 aromatic carbocycles. The van der Waals surface area contributed by atoms with Gasteiger partial charge in [-0.25, -0.2) is 10.5 Å². The third-order valence-corrected chi connectivity index (χ3v) is 2.89. The molecule has 10 nitrogen and oxygen atoms in total. The normalized spacial score (nSPS) is 14.5. The summed E-state index contributed by atoms with van der Waals surface area (Å²) in [7, 11) is 0. The highest BCUT2D eigenvalue weighted by atomic mass is 16.5. The predicted octanol–water partition coefficient (Wildman–Crippen LogP) is -2.21. The zero-order valence-electron chi connectivity index (χ0n) is 12.3. The van der Waals surface area contributed by atoms with Crippen molar-refractivity contribution in [1.82, 2.24) is 26.1 Å². The van der Waals surface area contributed by atoms with Gasteiger partial charge in [-0.1, -0.05) is 0 Å². The summed E-state index contributed by atoms with van der Waals surface area (Å²) >= 11 is 0. The number of carbonyl (C=O) groups excluding carboxylic acids is 3. The lowest BCUT2D eigenvalue weighted by Gasteiger charge is -2.20. The van der Waals surface area contributed by atoms with Crippen LogP contribution >= 0.6 is 0 Å². The van der Waals surface area contributed by atoms with Crippen molar-refractivity contribution in [1.29, 1.82) is 0 Å². The van der Waals surface area contributed by atoms with E-state index in [0.29, 0.717) is 5.69 Å². The lowest BCUT2D eigenvalue weighted by molar-refractivity contribution is -0.135. The molecule has 1 aromatic rings. The number of aromatic amines is 1. The summed E-state index contributed by atoms with van der Waals surface area (Å²) in [5.74, 6) is -1.85. The highest BCUT2D eigenvalue weighted by Crippen LogP contribution is 1.99. The van der Waals surface area contributed by atoms with Crippen molar-refractivity contribution >= 4 is 17.7 Å². The van der Waals surface area contributed by atoms with Gasteiger partial charge in [0.05, 0.1) is 12.4 Å². The van der Waals surface area contributed by atoms with Gasteiger partial charge in [0.15, 0.2) is 0 Å². The summed E-state index contributed by atoms with van der Waals surface area (Å²) in [6.45, 7) is 2.94. The monoisotopic (exact) mass is 312 g/mol. The van der Waals surface area contributed by atoms with E-state index in [9.17, 15) is 14.4 Å². The molecule has 0 spiro atoms. The lowest BCUT2D eigenvalue weighted by Crippen LogP contribution is -2.54. The van der Waals surface area contributed by atoms with E-state index < -0.39 is 35.8 Å². The van der Waals surface area contributed by atoms with Crippen molar-refractivity contribution in [2.45, 2.75) is 38.4 Å². The van der Waals surface area contributed by atoms with Gasteiger partial charge in [-0.2, -0.15) is 0 Å². The molecule has 0 aliphatic rings. The van der Waals surface area contributed by atoms with Crippen LogP contribution in [-0.4, -0.2) is 51.0 Å². The molecule has 0 saturated heterocycles. The lowest BCUT2D eigenvalue weighted by atomic mass is 10.1. The van der Waals surface area contributed by atoms with E-state index in [0.717, 1.165) is 0 Å². The molecular formula is C12H20N6O4. The number of aromatic nitrogens is 2. The molecule has 7 N–H and O–H groups in total. The molecule has 0 fully saturated rings. The van der Waals surface area contributed by atoms with E-state index >= 15 is 0 Å². The first kappa shape index (κ1) is 17.6. The summed E-state index contributed by atoms with van der Waals surface area (Å²) in [5, 5.41) is 13.6. The molecule has 3 atom stereocenters. The summed E-state index contributed by atoms with van der Waals surface area (Å²) in [6.07, 6.45) is 3.02. The van der Waals surface area contributed by atoms with Gasteiger partial charge < -0.3 is 21.4 Å². The Morgan fingerprint density at radius 2 is 1.95 bits per heavy atom. The molecule has 1 rings (SSSR count). The Morgan fingerprint density at radius 1 is 1.27 bits per heavy atom. The Kier molecular flexibility index (Phi) is 6.47. The van der Waals surface area contributed by atoms with Gasteiger partial charge in [-0.05, 0) is 13.8 Å². The summed E-state index contributed by atoms with van der Waals surface area (Å²) in [6, 6.07) is -2.65. The number of hydrogen-bond acceptors (Lipinski definition) is 6. The molecular weight excluding hydrogens is 292 g/mol. The number of H-pyrrole nitrogens is 1. The van der Waals surface area contributed by atoms with Crippen LogP contribution in [-0.2, 0) is 20.8 Å². The molecule has 0 aliphatic heterocycles. The Hall–Kier alpha value is -2.46. The van der Waals surface area contributed by atoms with E-state index in [4.69, 9.17) is 10.9 Å². The molecule has 3 amide bonds. The third kappa shape index (κ3) is 5.14. The minimum Gasteiger partial charge on any atom is -0.348 e. The smallest absolute Gasteiger partial charge is 0.266 e. The van der Waals surface area contributed by atoms with Crippen molar-refractivity contribution in [3.8, 4) is 0 Å². The fraction of sp³-hybridized carbons (Fsp3) is 0.500. The second-order valence-electron chi connectivity index (χ2n) is 4.84. The number of nitrogens with two attached hydrogens (primary N) is 1. The largest absolute Gasteiger partial charge is 0.348 e. The number of imidazole rings is 1. The molecule has 0 unspecified atom stereocenters. The average molecular weight is 312 g/mol. The summed E-state index contributed by atoms with van der Waals surface area (Å²) in [4.78, 5) is 41.6. The minimum absolute atomic E-state index is 0.103. The number of hydroxylamine groups is 1. The third-order valence-electron chi connectivity index (χ3n) is 2.89. The molecule has 1 heterocycles. The van der Waals surface area contributed by atoms with Gasteiger partial charge in [0.1, 0.15) is 12.1 Å². The Bertz CT molecular complexity index is 516. The van der Waals surface area contributed by atoms with Crippen molar-refractivity contribution in [3.63, 3.8) is 0 Å². The van der Waals surface area contributed by atoms with Crippen molar-refractivity contribution in [2.24, 2.45) is 5.73 Å². The van der Waals surface area contributed by atoms with E-state index in [1.54, 1.807) is 0 Å². The molecule has 0 saturated carbocycles. The predicted molar refractivity (Wildman–Crippen MR) is 75.4 cm³/mol. The molecule has 0 aliphatic carbocycles. The first-order chi connectivity index (χ1) is 10.3. The Labute approximate surface area is 126 Å². The maximum atomic E-state index is 12.0. The van der Waals surface area contributed by atoms with Crippen LogP contribution in [0.4, 0.5) is 0 Å². The maximum absolute atomic E-state index is 12.0. The first-order valence-electron chi connectivity index (χ1n) is 6.62. The number of rotatable bonds is 7. The van der Waals surface area contributed by atoms with Crippen LogP contribution in [0.2, 0.25) is 0 Å². The number of amides is 3. The maximum Gasteiger partial charge on any atom is 0.266 e. The number of carbonyl (C=O) groups is 3. The van der Waals surface area contributed by atoms with Crippen LogP contribution in [0, 0.1) is 0 Å². The van der Waals surface area contributed by atoms with Crippen LogP contribution in [0.1, 0.15) is 19.5 Å². The second kappa shape index (κ2) is 8.10. The van der Waals surface area contributed by atoms with Crippen molar-refractivity contribution in [2.75, 3.05) is 0 Å². The van der Waals surface area contributed by atoms with E-state index in [2.05, 4.69) is 20.6 Å². The zero-order valence-corrected chi connectivity index (χ0v) is 12.3. The van der Waals surface area contributed by atoms with Gasteiger partial charge in [-0.3, -0.25) is 19.6 Å². The van der Waals surface area contributed by atoms with E-state index in [-0.39, 0.29) is 6.42 Å². The fourth-order valence-corrected chi connectivity index (χ4v) is 1.61. The first-order valence-corrected chi connectivity index (χ1v) is 6.62. The number of nitrogens with one attached hydrogen (secondary N) is 4. The van der Waals surface area contributed by atoms with E-state index in [1.807, 2.05) is 0 Å². The standard InChI is InChI=1S/C12H20N6O4/c1-6(13)10(19)16-7(2)11(20)17-9(12(21)18-22)3-8-4-14-5-15-8/h4-7,9,22H,3,13H2,1-2H3,(H,14,15)(H,16,19)(H,17,20)(H,18,21)/t6-,7-,9-/m0/s1. The highest BCUT2D eigenvalue weighted by Gasteiger charge is 2.25. The topological polar surface area (TPSA) is 162 Å². The number of nitrogens with zero attached hydrogens (tertiary/aromatic N) is 1. The van der Waals surface area contributed by atoms with Crippen LogP contribution in [0.25, 0.3) is 0 Å². The molecule has 1 aromatic heterocycles. The molecule has 122 valence electrons. The molecule has 10 heteroatoms. The van der Waals surface area contributed by atoms with Gasteiger partial charge in [0.2, 0.25) is 11.8 Å². The molecule has 0 bridgehead atoms. The van der Waals surface area contributed by atoms with Crippen LogP contribution < -0.4 is 21.8 Å². The van der Waals surface area contributed by atoms with Crippen LogP contribution in [0.5, 0.6) is 0 Å². The van der Waals surface area contributed by atoms with Crippen LogP contribution in [0.15, 0.2) is 12.5 Å². The molecule has 22 heavy (non-hydrogen) atoms. The van der Waals surface area contributed by atoms with Gasteiger partial charge >= 0.3 is 0 Å². The Balaban J connectivity index is 2.66. The van der Waals surface area contributed by atoms with Gasteiger partial charge in [0.25, 0.3) is 5.91 Å². The fourth-order valence-electron chi connectivity index (χ4n) is 1.61. The van der Waals surface area contributed by atoms with Crippen molar-refractivity contribution in [3.05, 3.63) is 18.2 Å². The number of hydrogen-bond donors (Lipinski definition) is 6. The van der Waals surface area contributed by atoms with Gasteiger partial charge in [0, 0.05) is 18.3 Å². The summed E-state index contributed by atoms with van der Waals surface area (Å²) < 4.78 is 0. The summed E-state index contributed by atoms with van der Waals surface area (Å²) in [5.41, 5.74) is 7.48. The van der Waals surface area contributed by atoms with E-state index in [1.165, 1.54) is 31.9 Å². The SMILES string of the molecule is C[C@H](N)C(=O)N[C@@H](C)C(=O)N[C@@H](Cc1cnc[nH]1)C(=O)NO. The second-order valence-corrected chi connectivity index (χ2v) is 4.84. The van der Waals surface area contributed by atoms with Crippen molar-refractivity contribution < 1.29 is 19.6 Å². The Morgan fingerprint density at radius 3 is 2.45 bits per heavy atom. The minimum atomic E-state index is -1.02. The highest BCUT2D eigenvalue weighted by molar-refractivity contribution is 5.92. The molecule has 0 radical (unpaired) electrons. The average Bonchev–Trinajstić information content (AvgIpc) is 2.98. The van der Waals surface area contributed by atoms with Crippen LogP contribution in [0.3, 0.4) is 0 Å². The zero-order chi connectivity index (χ0) is 16.7.